The molecule has 1 N–H and O–H groups in total. The van der Waals surface area contributed by atoms with Gasteiger partial charge in [-0.1, -0.05) is 6.07 Å². The fraction of sp³-hybridized carbons (Fsp3) is 0.167. The lowest BCUT2D eigenvalue weighted by molar-refractivity contribution is 0.454. The summed E-state index contributed by atoms with van der Waals surface area (Å²) in [6.07, 6.45) is 1.39. The van der Waals surface area contributed by atoms with Crippen LogP contribution < -0.4 is 10.1 Å². The van der Waals surface area contributed by atoms with Gasteiger partial charge in [0.05, 0.1) is 0 Å². The molecule has 0 aliphatic rings. The quantitative estimate of drug-likeness (QED) is 0.937. The zero-order valence-electron chi connectivity index (χ0n) is 9.65. The number of ether oxygens (including phenoxy) is 1. The molecule has 0 bridgehead atoms. The van der Waals surface area contributed by atoms with Gasteiger partial charge in [-0.2, -0.15) is 0 Å². The molecule has 2 aromatic rings. The minimum atomic E-state index is -0.357. The monoisotopic (exact) mass is 311 g/mol. The standard InChI is InChI=1S/C12H11BrFN3O/c1-2-15-11-10(13)12(17-7-16-11)18-9-5-3-4-8(14)6-9/h3-7H,2H2,1H3,(H,15,16,17). The number of anilines is 1. The minimum absolute atomic E-state index is 0.339. The molecule has 1 heterocycles. The summed E-state index contributed by atoms with van der Waals surface area (Å²) in [6.45, 7) is 2.69. The van der Waals surface area contributed by atoms with Gasteiger partial charge in [-0.3, -0.25) is 0 Å². The van der Waals surface area contributed by atoms with E-state index in [4.69, 9.17) is 4.74 Å². The van der Waals surface area contributed by atoms with E-state index in [1.165, 1.54) is 18.5 Å². The van der Waals surface area contributed by atoms with Crippen molar-refractivity contribution < 1.29 is 9.13 Å². The second kappa shape index (κ2) is 5.77. The molecule has 94 valence electrons. The van der Waals surface area contributed by atoms with Crippen molar-refractivity contribution in [3.05, 3.63) is 40.9 Å². The van der Waals surface area contributed by atoms with Crippen LogP contribution in [0, 0.1) is 5.82 Å². The molecule has 0 aliphatic carbocycles. The zero-order valence-corrected chi connectivity index (χ0v) is 11.2. The largest absolute Gasteiger partial charge is 0.438 e. The van der Waals surface area contributed by atoms with Crippen LogP contribution in [0.2, 0.25) is 0 Å². The Kier molecular flexibility index (Phi) is 4.09. The first-order valence-corrected chi connectivity index (χ1v) is 6.17. The van der Waals surface area contributed by atoms with Gasteiger partial charge in [-0.05, 0) is 35.0 Å². The predicted molar refractivity (Wildman–Crippen MR) is 70.4 cm³/mol. The van der Waals surface area contributed by atoms with E-state index in [9.17, 15) is 4.39 Å². The van der Waals surface area contributed by atoms with Crippen LogP contribution in [-0.4, -0.2) is 16.5 Å². The molecule has 0 atom stereocenters. The minimum Gasteiger partial charge on any atom is -0.438 e. The van der Waals surface area contributed by atoms with Gasteiger partial charge in [0, 0.05) is 12.6 Å². The van der Waals surface area contributed by atoms with Crippen LogP contribution in [0.25, 0.3) is 0 Å². The maximum absolute atomic E-state index is 13.0. The average molecular weight is 312 g/mol. The molecule has 0 unspecified atom stereocenters. The van der Waals surface area contributed by atoms with Gasteiger partial charge < -0.3 is 10.1 Å². The van der Waals surface area contributed by atoms with E-state index in [1.807, 2.05) is 6.92 Å². The highest BCUT2D eigenvalue weighted by Crippen LogP contribution is 2.31. The van der Waals surface area contributed by atoms with Crippen LogP contribution in [0.4, 0.5) is 10.2 Å². The van der Waals surface area contributed by atoms with Crippen molar-refractivity contribution in [2.45, 2.75) is 6.92 Å². The number of nitrogens with one attached hydrogen (secondary N) is 1. The first kappa shape index (κ1) is 12.8. The Hall–Kier alpha value is -1.69. The molecule has 18 heavy (non-hydrogen) atoms. The number of nitrogens with zero attached hydrogens (tertiary/aromatic N) is 2. The van der Waals surface area contributed by atoms with Gasteiger partial charge in [-0.25, -0.2) is 14.4 Å². The van der Waals surface area contributed by atoms with Crippen LogP contribution in [0.15, 0.2) is 35.1 Å². The van der Waals surface area contributed by atoms with Crippen molar-refractivity contribution in [3.8, 4) is 11.6 Å². The second-order valence-electron chi connectivity index (χ2n) is 3.43. The molecular weight excluding hydrogens is 301 g/mol. The summed E-state index contributed by atoms with van der Waals surface area (Å²) in [4.78, 5) is 8.07. The van der Waals surface area contributed by atoms with Gasteiger partial charge >= 0.3 is 0 Å². The highest BCUT2D eigenvalue weighted by atomic mass is 79.9. The maximum atomic E-state index is 13.0. The molecule has 0 aliphatic heterocycles. The third kappa shape index (κ3) is 2.95. The molecule has 0 spiro atoms. The summed E-state index contributed by atoms with van der Waals surface area (Å²) in [5.41, 5.74) is 0. The molecule has 0 amide bonds. The van der Waals surface area contributed by atoms with Gasteiger partial charge in [0.2, 0.25) is 5.88 Å². The van der Waals surface area contributed by atoms with Gasteiger partial charge in [0.15, 0.2) is 0 Å². The smallest absolute Gasteiger partial charge is 0.238 e. The van der Waals surface area contributed by atoms with Crippen molar-refractivity contribution >= 4 is 21.7 Å². The van der Waals surface area contributed by atoms with Crippen molar-refractivity contribution in [1.29, 1.82) is 0 Å². The lowest BCUT2D eigenvalue weighted by atomic mass is 10.3. The summed E-state index contributed by atoms with van der Waals surface area (Å²) in [7, 11) is 0. The molecule has 0 saturated carbocycles. The van der Waals surface area contributed by atoms with Crippen LogP contribution >= 0.6 is 15.9 Å². The molecule has 2 rings (SSSR count). The van der Waals surface area contributed by atoms with Gasteiger partial charge in [0.1, 0.15) is 28.2 Å². The lowest BCUT2D eigenvalue weighted by Crippen LogP contribution is -2.02. The summed E-state index contributed by atoms with van der Waals surface area (Å²) >= 11 is 3.35. The summed E-state index contributed by atoms with van der Waals surface area (Å²) in [6, 6.07) is 5.88. The molecule has 0 radical (unpaired) electrons. The topological polar surface area (TPSA) is 47.0 Å². The second-order valence-corrected chi connectivity index (χ2v) is 4.22. The third-order valence-electron chi connectivity index (χ3n) is 2.11. The molecular formula is C12H11BrFN3O. The highest BCUT2D eigenvalue weighted by Gasteiger charge is 2.10. The Morgan fingerprint density at radius 2 is 2.22 bits per heavy atom. The summed E-state index contributed by atoms with van der Waals surface area (Å²) < 4.78 is 19.1. The Labute approximate surface area is 112 Å². The number of rotatable bonds is 4. The predicted octanol–water partition coefficient (Wildman–Crippen LogP) is 3.60. The molecule has 0 saturated heterocycles. The van der Waals surface area contributed by atoms with E-state index in [0.29, 0.717) is 21.9 Å². The van der Waals surface area contributed by atoms with Crippen LogP contribution in [0.1, 0.15) is 6.92 Å². The van der Waals surface area contributed by atoms with E-state index in [0.717, 1.165) is 6.54 Å². The van der Waals surface area contributed by atoms with Gasteiger partial charge in [-0.15, -0.1) is 0 Å². The number of halogens is 2. The number of aromatic nitrogens is 2. The Balaban J connectivity index is 2.26. The summed E-state index contributed by atoms with van der Waals surface area (Å²) in [5.74, 6) is 1.01. The Morgan fingerprint density at radius 1 is 1.39 bits per heavy atom. The van der Waals surface area contributed by atoms with E-state index < -0.39 is 0 Å². The number of hydrogen-bond acceptors (Lipinski definition) is 4. The van der Waals surface area contributed by atoms with Gasteiger partial charge in [0.25, 0.3) is 0 Å². The molecule has 1 aromatic heterocycles. The van der Waals surface area contributed by atoms with Crippen LogP contribution in [0.3, 0.4) is 0 Å². The number of benzene rings is 1. The molecule has 0 fully saturated rings. The van der Waals surface area contributed by atoms with Crippen molar-refractivity contribution in [1.82, 2.24) is 9.97 Å². The van der Waals surface area contributed by atoms with Crippen LogP contribution in [-0.2, 0) is 0 Å². The average Bonchev–Trinajstić information content (AvgIpc) is 2.35. The molecule has 6 heteroatoms. The first-order valence-electron chi connectivity index (χ1n) is 5.38. The summed E-state index contributed by atoms with van der Waals surface area (Å²) in [5, 5.41) is 3.06. The third-order valence-corrected chi connectivity index (χ3v) is 2.83. The molecule has 4 nitrogen and oxygen atoms in total. The Bertz CT molecular complexity index is 551. The number of hydrogen-bond donors (Lipinski definition) is 1. The molecule has 1 aromatic carbocycles. The first-order chi connectivity index (χ1) is 8.70. The van der Waals surface area contributed by atoms with Crippen molar-refractivity contribution in [3.63, 3.8) is 0 Å². The lowest BCUT2D eigenvalue weighted by Gasteiger charge is -2.09. The fourth-order valence-electron chi connectivity index (χ4n) is 1.36. The van der Waals surface area contributed by atoms with E-state index in [-0.39, 0.29) is 5.82 Å². The highest BCUT2D eigenvalue weighted by molar-refractivity contribution is 9.10. The van der Waals surface area contributed by atoms with Crippen molar-refractivity contribution in [2.24, 2.45) is 0 Å². The SMILES string of the molecule is CCNc1ncnc(Oc2cccc(F)c2)c1Br. The zero-order chi connectivity index (χ0) is 13.0. The van der Waals surface area contributed by atoms with E-state index in [1.54, 1.807) is 12.1 Å². The van der Waals surface area contributed by atoms with E-state index >= 15 is 0 Å². The maximum Gasteiger partial charge on any atom is 0.238 e. The normalized spacial score (nSPS) is 10.2. The van der Waals surface area contributed by atoms with Crippen LogP contribution in [0.5, 0.6) is 11.6 Å². The fourth-order valence-corrected chi connectivity index (χ4v) is 1.78. The Morgan fingerprint density at radius 3 is 2.94 bits per heavy atom. The van der Waals surface area contributed by atoms with E-state index in [2.05, 4.69) is 31.2 Å². The van der Waals surface area contributed by atoms with Crippen molar-refractivity contribution in [2.75, 3.05) is 11.9 Å².